The summed E-state index contributed by atoms with van der Waals surface area (Å²) in [5, 5.41) is 0.264. The van der Waals surface area contributed by atoms with E-state index in [0.717, 1.165) is 18.7 Å². The van der Waals surface area contributed by atoms with Gasteiger partial charge in [0, 0.05) is 12.0 Å². The van der Waals surface area contributed by atoms with E-state index >= 15 is 0 Å². The summed E-state index contributed by atoms with van der Waals surface area (Å²) in [6.45, 7) is 6.65. The van der Waals surface area contributed by atoms with Crippen molar-refractivity contribution in [1.82, 2.24) is 9.55 Å². The molecule has 5 heteroatoms. The number of aromatic nitrogens is 2. The first-order valence-corrected chi connectivity index (χ1v) is 6.78. The normalized spacial score (nSPS) is 23.8. The fraction of sp³-hybridized carbons (Fsp3) is 0.692. The second-order valence-corrected chi connectivity index (χ2v) is 5.57. The van der Waals surface area contributed by atoms with Crippen molar-refractivity contribution in [2.24, 2.45) is 0 Å². The molecule has 1 saturated heterocycles. The van der Waals surface area contributed by atoms with Gasteiger partial charge >= 0.3 is 0 Å². The first-order valence-electron chi connectivity index (χ1n) is 6.40. The lowest BCUT2D eigenvalue weighted by molar-refractivity contribution is 0.0443. The average Bonchev–Trinajstić information content (AvgIpc) is 2.67. The highest BCUT2D eigenvalue weighted by Crippen LogP contribution is 2.21. The zero-order valence-corrected chi connectivity index (χ0v) is 11.8. The second kappa shape index (κ2) is 5.41. The van der Waals surface area contributed by atoms with Crippen LogP contribution in [0.2, 0.25) is 5.15 Å². The molecule has 1 aliphatic heterocycles. The summed E-state index contributed by atoms with van der Waals surface area (Å²) in [5.74, 6) is 0.894. The van der Waals surface area contributed by atoms with E-state index in [1.807, 2.05) is 13.8 Å². The minimum absolute atomic E-state index is 0.0955. The maximum Gasteiger partial charge on any atom is 0.255 e. The third-order valence-electron chi connectivity index (χ3n) is 3.23. The van der Waals surface area contributed by atoms with Crippen LogP contribution in [0, 0.1) is 0 Å². The molecule has 18 heavy (non-hydrogen) atoms. The monoisotopic (exact) mass is 270 g/mol. The second-order valence-electron chi connectivity index (χ2n) is 5.19. The van der Waals surface area contributed by atoms with E-state index in [4.69, 9.17) is 16.3 Å². The van der Waals surface area contributed by atoms with Crippen LogP contribution < -0.4 is 5.56 Å². The Hall–Kier alpha value is -0.870. The van der Waals surface area contributed by atoms with Crippen molar-refractivity contribution in [3.63, 3.8) is 0 Å². The lowest BCUT2D eigenvalue weighted by atomic mass is 10.1. The number of rotatable bonds is 3. The molecule has 2 unspecified atom stereocenters. The highest BCUT2D eigenvalue weighted by atomic mass is 35.5. The van der Waals surface area contributed by atoms with Crippen molar-refractivity contribution >= 4 is 11.6 Å². The molecule has 1 aromatic heterocycles. The Balaban J connectivity index is 2.28. The van der Waals surface area contributed by atoms with E-state index in [0.29, 0.717) is 6.54 Å². The van der Waals surface area contributed by atoms with Gasteiger partial charge in [-0.15, -0.1) is 0 Å². The maximum absolute atomic E-state index is 12.0. The Morgan fingerprint density at radius 2 is 2.28 bits per heavy atom. The zero-order chi connectivity index (χ0) is 13.3. The van der Waals surface area contributed by atoms with Gasteiger partial charge in [-0.05, 0) is 19.8 Å². The van der Waals surface area contributed by atoms with Crippen LogP contribution in [0.15, 0.2) is 10.9 Å². The summed E-state index contributed by atoms with van der Waals surface area (Å²) >= 11 is 5.85. The van der Waals surface area contributed by atoms with Gasteiger partial charge < -0.3 is 4.74 Å². The van der Waals surface area contributed by atoms with Gasteiger partial charge in [-0.25, -0.2) is 4.98 Å². The van der Waals surface area contributed by atoms with Crippen LogP contribution >= 0.6 is 11.6 Å². The third-order valence-corrected chi connectivity index (χ3v) is 3.42. The lowest BCUT2D eigenvalue weighted by Gasteiger charge is -2.18. The minimum atomic E-state index is -0.0955. The topological polar surface area (TPSA) is 44.1 Å². The molecule has 1 aliphatic rings. The molecule has 0 aromatic carbocycles. The van der Waals surface area contributed by atoms with Gasteiger partial charge in [0.05, 0.1) is 18.8 Å². The maximum atomic E-state index is 12.0. The van der Waals surface area contributed by atoms with Gasteiger partial charge in [0.25, 0.3) is 5.56 Å². The Labute approximate surface area is 112 Å². The van der Waals surface area contributed by atoms with Crippen LogP contribution in [-0.4, -0.2) is 21.8 Å². The van der Waals surface area contributed by atoms with Gasteiger partial charge in [-0.3, -0.25) is 9.36 Å². The molecule has 2 heterocycles. The van der Waals surface area contributed by atoms with Gasteiger partial charge in [0.1, 0.15) is 11.0 Å². The molecule has 0 amide bonds. The standard InChI is InChI=1S/C13H19ClN2O2/c1-8(2)13-15-11(14)6-12(17)16(13)7-10-5-4-9(3)18-10/h6,8-10H,4-5,7H2,1-3H3. The Kier molecular flexibility index (Phi) is 4.07. The van der Waals surface area contributed by atoms with Crippen molar-refractivity contribution in [2.75, 3.05) is 0 Å². The Morgan fingerprint density at radius 1 is 1.56 bits per heavy atom. The first kappa shape index (κ1) is 13.6. The van der Waals surface area contributed by atoms with Crippen LogP contribution in [0.3, 0.4) is 0 Å². The predicted molar refractivity (Wildman–Crippen MR) is 71.2 cm³/mol. The SMILES string of the molecule is CC1CCC(Cn2c(C(C)C)nc(Cl)cc2=O)O1. The van der Waals surface area contributed by atoms with Crippen LogP contribution in [0.5, 0.6) is 0 Å². The molecule has 0 bridgehead atoms. The molecular formula is C13H19ClN2O2. The molecule has 0 saturated carbocycles. The number of hydrogen-bond donors (Lipinski definition) is 0. The van der Waals surface area contributed by atoms with E-state index in [1.165, 1.54) is 6.07 Å². The summed E-state index contributed by atoms with van der Waals surface area (Å²) in [4.78, 5) is 16.3. The van der Waals surface area contributed by atoms with Gasteiger partial charge in [-0.1, -0.05) is 25.4 Å². The summed E-state index contributed by atoms with van der Waals surface area (Å²) < 4.78 is 7.46. The molecule has 4 nitrogen and oxygen atoms in total. The molecular weight excluding hydrogens is 252 g/mol. The molecule has 0 N–H and O–H groups in total. The number of nitrogens with zero attached hydrogens (tertiary/aromatic N) is 2. The molecule has 2 rings (SSSR count). The largest absolute Gasteiger partial charge is 0.373 e. The summed E-state index contributed by atoms with van der Waals surface area (Å²) in [6, 6.07) is 1.37. The molecule has 0 radical (unpaired) electrons. The predicted octanol–water partition coefficient (Wildman–Crippen LogP) is 2.59. The summed E-state index contributed by atoms with van der Waals surface area (Å²) in [7, 11) is 0. The average molecular weight is 271 g/mol. The summed E-state index contributed by atoms with van der Waals surface area (Å²) in [5.41, 5.74) is -0.0955. The Bertz CT molecular complexity index is 484. The fourth-order valence-corrected chi connectivity index (χ4v) is 2.52. The van der Waals surface area contributed by atoms with E-state index in [2.05, 4.69) is 11.9 Å². The van der Waals surface area contributed by atoms with Crippen molar-refractivity contribution < 1.29 is 4.74 Å². The highest BCUT2D eigenvalue weighted by molar-refractivity contribution is 6.29. The van der Waals surface area contributed by atoms with Crippen molar-refractivity contribution in [3.05, 3.63) is 27.4 Å². The fourth-order valence-electron chi connectivity index (χ4n) is 2.34. The summed E-state index contributed by atoms with van der Waals surface area (Å²) in [6.07, 6.45) is 2.44. The minimum Gasteiger partial charge on any atom is -0.373 e. The van der Waals surface area contributed by atoms with Gasteiger partial charge in [-0.2, -0.15) is 0 Å². The van der Waals surface area contributed by atoms with Crippen molar-refractivity contribution in [1.29, 1.82) is 0 Å². The number of halogens is 1. The Morgan fingerprint density at radius 3 is 2.83 bits per heavy atom. The molecule has 1 aromatic rings. The molecule has 100 valence electrons. The third kappa shape index (κ3) is 2.93. The molecule has 1 fully saturated rings. The van der Waals surface area contributed by atoms with E-state index in [1.54, 1.807) is 4.57 Å². The molecule has 2 atom stereocenters. The number of ether oxygens (including phenoxy) is 1. The van der Waals surface area contributed by atoms with Crippen LogP contribution in [0.1, 0.15) is 45.4 Å². The smallest absolute Gasteiger partial charge is 0.255 e. The zero-order valence-electron chi connectivity index (χ0n) is 11.0. The van der Waals surface area contributed by atoms with Crippen LogP contribution in [0.25, 0.3) is 0 Å². The highest BCUT2D eigenvalue weighted by Gasteiger charge is 2.24. The van der Waals surface area contributed by atoms with Gasteiger partial charge in [0.2, 0.25) is 0 Å². The molecule has 0 aliphatic carbocycles. The quantitative estimate of drug-likeness (QED) is 0.793. The first-order chi connectivity index (χ1) is 8.47. The van der Waals surface area contributed by atoms with E-state index < -0.39 is 0 Å². The van der Waals surface area contributed by atoms with Crippen molar-refractivity contribution in [3.8, 4) is 0 Å². The van der Waals surface area contributed by atoms with Crippen LogP contribution in [-0.2, 0) is 11.3 Å². The molecule has 0 spiro atoms. The van der Waals surface area contributed by atoms with E-state index in [9.17, 15) is 4.79 Å². The van der Waals surface area contributed by atoms with E-state index in [-0.39, 0.29) is 28.8 Å². The van der Waals surface area contributed by atoms with Gasteiger partial charge in [0.15, 0.2) is 0 Å². The van der Waals surface area contributed by atoms with Crippen LogP contribution in [0.4, 0.5) is 0 Å². The van der Waals surface area contributed by atoms with Crippen molar-refractivity contribution in [2.45, 2.75) is 58.3 Å². The number of hydrogen-bond acceptors (Lipinski definition) is 3. The lowest BCUT2D eigenvalue weighted by Crippen LogP contribution is -2.30.